The van der Waals surface area contributed by atoms with Crippen LogP contribution in [-0.4, -0.2) is 42.0 Å². The minimum absolute atomic E-state index is 0.0269. The zero-order chi connectivity index (χ0) is 15.6. The second-order valence-corrected chi connectivity index (χ2v) is 4.83. The van der Waals surface area contributed by atoms with E-state index in [2.05, 4.69) is 4.98 Å². The number of halogens is 3. The summed E-state index contributed by atoms with van der Waals surface area (Å²) in [6, 6.07) is 3.74. The van der Waals surface area contributed by atoms with E-state index in [9.17, 15) is 13.2 Å². The molecular formula is C13H14F3N3O2. The van der Waals surface area contributed by atoms with E-state index >= 15 is 0 Å². The molecule has 1 aliphatic heterocycles. The summed E-state index contributed by atoms with van der Waals surface area (Å²) in [5, 5.41) is 18.2. The first kappa shape index (κ1) is 15.5. The van der Waals surface area contributed by atoms with Gasteiger partial charge in [0.2, 0.25) is 0 Å². The molecule has 2 heterocycles. The first-order valence-corrected chi connectivity index (χ1v) is 6.34. The highest BCUT2D eigenvalue weighted by Crippen LogP contribution is 2.31. The number of nitrogens with zero attached hydrogens (tertiary/aromatic N) is 3. The van der Waals surface area contributed by atoms with E-state index in [0.717, 1.165) is 12.1 Å². The van der Waals surface area contributed by atoms with E-state index < -0.39 is 18.0 Å². The predicted octanol–water partition coefficient (Wildman–Crippen LogP) is 1.56. The number of hydrogen-bond acceptors (Lipinski definition) is 5. The van der Waals surface area contributed by atoms with Gasteiger partial charge < -0.3 is 14.7 Å². The number of aliphatic hydroxyl groups excluding tert-OH is 1. The lowest BCUT2D eigenvalue weighted by molar-refractivity contribution is -0.141. The molecule has 1 saturated heterocycles. The van der Waals surface area contributed by atoms with Crippen molar-refractivity contribution < 1.29 is 23.0 Å². The summed E-state index contributed by atoms with van der Waals surface area (Å²) in [5.41, 5.74) is -0.981. The van der Waals surface area contributed by atoms with Crippen LogP contribution in [0.4, 0.5) is 19.0 Å². The molecule has 1 aliphatic rings. The first-order valence-electron chi connectivity index (χ1n) is 6.34. The first-order chi connectivity index (χ1) is 9.85. The fraction of sp³-hybridized carbons (Fsp3) is 0.538. The zero-order valence-corrected chi connectivity index (χ0v) is 11.3. The Hall–Kier alpha value is -1.85. The number of aromatic nitrogens is 1. The monoisotopic (exact) mass is 301 g/mol. The Kier molecular flexibility index (Phi) is 4.34. The van der Waals surface area contributed by atoms with Crippen LogP contribution in [0.5, 0.6) is 0 Å². The van der Waals surface area contributed by atoms with Crippen molar-refractivity contribution in [2.75, 3.05) is 24.6 Å². The third-order valence-corrected chi connectivity index (χ3v) is 3.12. The van der Waals surface area contributed by atoms with Crippen molar-refractivity contribution in [1.29, 1.82) is 5.26 Å². The Morgan fingerprint density at radius 2 is 2.19 bits per heavy atom. The van der Waals surface area contributed by atoms with Gasteiger partial charge >= 0.3 is 6.18 Å². The Morgan fingerprint density at radius 3 is 2.76 bits per heavy atom. The van der Waals surface area contributed by atoms with Crippen molar-refractivity contribution in [1.82, 2.24) is 4.98 Å². The van der Waals surface area contributed by atoms with Gasteiger partial charge in [-0.3, -0.25) is 0 Å². The normalized spacial score (nSPS) is 23.0. The van der Waals surface area contributed by atoms with Gasteiger partial charge in [-0.25, -0.2) is 4.98 Å². The largest absolute Gasteiger partial charge is 0.433 e. The quantitative estimate of drug-likeness (QED) is 0.897. The maximum absolute atomic E-state index is 12.8. The molecule has 1 aromatic heterocycles. The predicted molar refractivity (Wildman–Crippen MR) is 67.6 cm³/mol. The zero-order valence-electron chi connectivity index (χ0n) is 11.3. The van der Waals surface area contributed by atoms with E-state index in [1.807, 2.05) is 6.07 Å². The van der Waals surface area contributed by atoms with E-state index in [0.29, 0.717) is 6.54 Å². The molecule has 2 unspecified atom stereocenters. The summed E-state index contributed by atoms with van der Waals surface area (Å²) in [7, 11) is 0. The molecule has 21 heavy (non-hydrogen) atoms. The molecule has 8 heteroatoms. The van der Waals surface area contributed by atoms with Crippen LogP contribution in [-0.2, 0) is 10.9 Å². The number of alkyl halides is 3. The highest BCUT2D eigenvalue weighted by molar-refractivity contribution is 5.55. The Bertz CT molecular complexity index is 557. The molecule has 0 saturated carbocycles. The van der Waals surface area contributed by atoms with Crippen LogP contribution in [0.2, 0.25) is 0 Å². The SMILES string of the molecule is CC1CN(c2nc(C(F)(F)F)ccc2C#N)CC(CO)O1. The number of hydrogen-bond donors (Lipinski definition) is 1. The van der Waals surface area contributed by atoms with E-state index in [1.54, 1.807) is 11.8 Å². The standard InChI is InChI=1S/C13H14F3N3O2/c1-8-5-19(6-10(7-20)21-8)12-9(4-17)2-3-11(18-12)13(14,15)16/h2-3,8,10,20H,5-7H2,1H3. The molecule has 2 atom stereocenters. The summed E-state index contributed by atoms with van der Waals surface area (Å²) in [4.78, 5) is 5.13. The third kappa shape index (κ3) is 3.43. The molecule has 1 aromatic rings. The molecule has 0 aromatic carbocycles. The van der Waals surface area contributed by atoms with Gasteiger partial charge in [-0.05, 0) is 19.1 Å². The molecule has 1 N–H and O–H groups in total. The molecule has 114 valence electrons. The van der Waals surface area contributed by atoms with Crippen LogP contribution in [0, 0.1) is 11.3 Å². The van der Waals surface area contributed by atoms with Crippen molar-refractivity contribution in [3.63, 3.8) is 0 Å². The minimum atomic E-state index is -4.57. The van der Waals surface area contributed by atoms with Crippen molar-refractivity contribution in [3.05, 3.63) is 23.4 Å². The number of anilines is 1. The maximum atomic E-state index is 12.8. The maximum Gasteiger partial charge on any atom is 0.433 e. The average Bonchev–Trinajstić information content (AvgIpc) is 2.44. The van der Waals surface area contributed by atoms with Gasteiger partial charge in [0, 0.05) is 13.1 Å². The second-order valence-electron chi connectivity index (χ2n) is 4.83. The Labute approximate surface area is 119 Å². The van der Waals surface area contributed by atoms with Crippen LogP contribution >= 0.6 is 0 Å². The van der Waals surface area contributed by atoms with Crippen LogP contribution in [0.3, 0.4) is 0 Å². The van der Waals surface area contributed by atoms with Crippen molar-refractivity contribution >= 4 is 5.82 Å². The molecule has 0 aliphatic carbocycles. The van der Waals surface area contributed by atoms with E-state index in [1.165, 1.54) is 0 Å². The summed E-state index contributed by atoms with van der Waals surface area (Å²) in [5.74, 6) is -0.0269. The van der Waals surface area contributed by atoms with Crippen molar-refractivity contribution in [2.24, 2.45) is 0 Å². The van der Waals surface area contributed by atoms with Gasteiger partial charge in [-0.1, -0.05) is 0 Å². The average molecular weight is 301 g/mol. The van der Waals surface area contributed by atoms with Crippen LogP contribution in [0.25, 0.3) is 0 Å². The Morgan fingerprint density at radius 1 is 1.48 bits per heavy atom. The van der Waals surface area contributed by atoms with Gasteiger partial charge in [0.1, 0.15) is 17.6 Å². The summed E-state index contributed by atoms with van der Waals surface area (Å²) >= 11 is 0. The molecular weight excluding hydrogens is 287 g/mol. The fourth-order valence-electron chi connectivity index (χ4n) is 2.25. The van der Waals surface area contributed by atoms with Crippen molar-refractivity contribution in [2.45, 2.75) is 25.3 Å². The molecule has 5 nitrogen and oxygen atoms in total. The Balaban J connectivity index is 2.39. The summed E-state index contributed by atoms with van der Waals surface area (Å²) < 4.78 is 43.7. The minimum Gasteiger partial charge on any atom is -0.394 e. The van der Waals surface area contributed by atoms with Crippen LogP contribution in [0.15, 0.2) is 12.1 Å². The van der Waals surface area contributed by atoms with Gasteiger partial charge in [-0.15, -0.1) is 0 Å². The van der Waals surface area contributed by atoms with Crippen LogP contribution in [0.1, 0.15) is 18.2 Å². The highest BCUT2D eigenvalue weighted by atomic mass is 19.4. The number of ether oxygens (including phenoxy) is 1. The lowest BCUT2D eigenvalue weighted by Gasteiger charge is -2.37. The summed E-state index contributed by atoms with van der Waals surface area (Å²) in [6.45, 7) is 1.99. The van der Waals surface area contributed by atoms with Crippen molar-refractivity contribution in [3.8, 4) is 6.07 Å². The number of aliphatic hydroxyl groups is 1. The second kappa shape index (κ2) is 5.87. The van der Waals surface area contributed by atoms with Crippen LogP contribution < -0.4 is 4.90 Å². The van der Waals surface area contributed by atoms with E-state index in [4.69, 9.17) is 15.1 Å². The molecule has 1 fully saturated rings. The molecule has 0 amide bonds. The van der Waals surface area contributed by atoms with Gasteiger partial charge in [-0.2, -0.15) is 18.4 Å². The highest BCUT2D eigenvalue weighted by Gasteiger charge is 2.35. The number of pyridine rings is 1. The lowest BCUT2D eigenvalue weighted by atomic mass is 10.1. The van der Waals surface area contributed by atoms with E-state index in [-0.39, 0.29) is 30.6 Å². The molecule has 0 radical (unpaired) electrons. The smallest absolute Gasteiger partial charge is 0.394 e. The number of morpholine rings is 1. The topological polar surface area (TPSA) is 69.4 Å². The summed E-state index contributed by atoms with van der Waals surface area (Å²) in [6.07, 6.45) is -5.37. The molecule has 2 rings (SSSR count). The third-order valence-electron chi connectivity index (χ3n) is 3.12. The van der Waals surface area contributed by atoms with Gasteiger partial charge in [0.25, 0.3) is 0 Å². The number of nitriles is 1. The van der Waals surface area contributed by atoms with Gasteiger partial charge in [0.15, 0.2) is 0 Å². The lowest BCUT2D eigenvalue weighted by Crippen LogP contribution is -2.48. The number of rotatable bonds is 2. The van der Waals surface area contributed by atoms with Gasteiger partial charge in [0.05, 0.1) is 24.4 Å². The fourth-order valence-corrected chi connectivity index (χ4v) is 2.25. The molecule has 0 spiro atoms. The molecule has 0 bridgehead atoms.